The summed E-state index contributed by atoms with van der Waals surface area (Å²) in [6.07, 6.45) is 5.98. The van der Waals surface area contributed by atoms with E-state index in [1.807, 2.05) is 6.07 Å². The number of hydrogen-bond donors (Lipinski definition) is 1. The van der Waals surface area contributed by atoms with Crippen LogP contribution in [-0.4, -0.2) is 12.1 Å². The normalized spacial score (nSPS) is 24.5. The average Bonchev–Trinajstić information content (AvgIpc) is 2.60. The zero-order valence-corrected chi connectivity index (χ0v) is 12.4. The van der Waals surface area contributed by atoms with Crippen molar-refractivity contribution in [2.45, 2.75) is 58.4 Å². The largest absolute Gasteiger partial charge is 0.311 e. The summed E-state index contributed by atoms with van der Waals surface area (Å²) in [6, 6.07) is 5.17. The van der Waals surface area contributed by atoms with Crippen LogP contribution >= 0.6 is 0 Å². The van der Waals surface area contributed by atoms with E-state index in [0.29, 0.717) is 5.92 Å². The summed E-state index contributed by atoms with van der Waals surface area (Å²) in [4.78, 5) is 0. The van der Waals surface area contributed by atoms with Crippen LogP contribution in [0.1, 0.15) is 50.7 Å². The minimum atomic E-state index is -0.117. The Hall–Kier alpha value is -0.890. The molecule has 1 aliphatic rings. The van der Waals surface area contributed by atoms with Crippen molar-refractivity contribution in [3.8, 4) is 0 Å². The van der Waals surface area contributed by atoms with Crippen LogP contribution in [0.3, 0.4) is 0 Å². The second kappa shape index (κ2) is 6.04. The molecule has 1 atom stereocenters. The summed E-state index contributed by atoms with van der Waals surface area (Å²) < 4.78 is 13.5. The van der Waals surface area contributed by atoms with Crippen LogP contribution in [0.2, 0.25) is 0 Å². The predicted molar refractivity (Wildman–Crippen MR) is 78.9 cm³/mol. The van der Waals surface area contributed by atoms with Gasteiger partial charge in [-0.3, -0.25) is 0 Å². The number of aryl methyl sites for hydroxylation is 1. The zero-order chi connectivity index (χ0) is 13.9. The Morgan fingerprint density at radius 1 is 1.26 bits per heavy atom. The highest BCUT2D eigenvalue weighted by molar-refractivity contribution is 5.28. The van der Waals surface area contributed by atoms with Gasteiger partial charge >= 0.3 is 0 Å². The third kappa shape index (κ3) is 3.36. The molecule has 2 heteroatoms. The van der Waals surface area contributed by atoms with E-state index in [-0.39, 0.29) is 11.4 Å². The molecule has 1 N–H and O–H groups in total. The van der Waals surface area contributed by atoms with Crippen molar-refractivity contribution in [2.75, 3.05) is 6.54 Å². The Bertz CT molecular complexity index is 417. The monoisotopic (exact) mass is 263 g/mol. The molecule has 1 aliphatic heterocycles. The second-order valence-corrected chi connectivity index (χ2v) is 6.30. The first-order valence-corrected chi connectivity index (χ1v) is 7.53. The van der Waals surface area contributed by atoms with E-state index in [4.69, 9.17) is 0 Å². The van der Waals surface area contributed by atoms with Gasteiger partial charge in [-0.05, 0) is 61.9 Å². The van der Waals surface area contributed by atoms with Crippen LogP contribution in [0, 0.1) is 18.7 Å². The maximum atomic E-state index is 13.5. The molecule has 0 radical (unpaired) electrons. The lowest BCUT2D eigenvalue weighted by atomic mass is 9.77. The van der Waals surface area contributed by atoms with Gasteiger partial charge in [-0.2, -0.15) is 0 Å². The van der Waals surface area contributed by atoms with E-state index >= 15 is 0 Å². The first-order valence-electron chi connectivity index (χ1n) is 7.53. The first-order chi connectivity index (χ1) is 9.03. The summed E-state index contributed by atoms with van der Waals surface area (Å²) >= 11 is 0. The van der Waals surface area contributed by atoms with Crippen LogP contribution in [-0.2, 0) is 6.42 Å². The fourth-order valence-electron chi connectivity index (χ4n) is 3.19. The molecular weight excluding hydrogens is 237 g/mol. The minimum absolute atomic E-state index is 0.117. The molecule has 0 aliphatic carbocycles. The van der Waals surface area contributed by atoms with Crippen LogP contribution in [0.4, 0.5) is 4.39 Å². The van der Waals surface area contributed by atoms with Crippen molar-refractivity contribution in [3.63, 3.8) is 0 Å². The van der Waals surface area contributed by atoms with Crippen molar-refractivity contribution in [2.24, 2.45) is 5.92 Å². The minimum Gasteiger partial charge on any atom is -0.311 e. The van der Waals surface area contributed by atoms with E-state index in [2.05, 4.69) is 26.1 Å². The molecule has 1 saturated heterocycles. The highest BCUT2D eigenvalue weighted by Crippen LogP contribution is 2.31. The number of halogens is 1. The second-order valence-electron chi connectivity index (χ2n) is 6.30. The Morgan fingerprint density at radius 2 is 2.05 bits per heavy atom. The maximum Gasteiger partial charge on any atom is 0.123 e. The molecule has 1 heterocycles. The van der Waals surface area contributed by atoms with Crippen molar-refractivity contribution in [3.05, 3.63) is 35.1 Å². The van der Waals surface area contributed by atoms with Gasteiger partial charge in [0, 0.05) is 5.54 Å². The smallest absolute Gasteiger partial charge is 0.123 e. The summed E-state index contributed by atoms with van der Waals surface area (Å²) in [5.74, 6) is 0.446. The molecule has 106 valence electrons. The molecule has 1 aromatic carbocycles. The van der Waals surface area contributed by atoms with Crippen molar-refractivity contribution < 1.29 is 4.39 Å². The zero-order valence-electron chi connectivity index (χ0n) is 12.4. The molecule has 0 amide bonds. The van der Waals surface area contributed by atoms with E-state index in [1.165, 1.54) is 31.2 Å². The van der Waals surface area contributed by atoms with Crippen LogP contribution in [0.15, 0.2) is 18.2 Å². The summed E-state index contributed by atoms with van der Waals surface area (Å²) in [7, 11) is 0. The predicted octanol–water partition coefficient (Wildman–Crippen LogP) is 4.24. The lowest BCUT2D eigenvalue weighted by Gasteiger charge is -2.38. The fraction of sp³-hybridized carbons (Fsp3) is 0.647. The Morgan fingerprint density at radius 3 is 2.79 bits per heavy atom. The van der Waals surface area contributed by atoms with Gasteiger partial charge in [0.1, 0.15) is 5.82 Å². The average molecular weight is 263 g/mol. The van der Waals surface area contributed by atoms with Crippen molar-refractivity contribution >= 4 is 0 Å². The van der Waals surface area contributed by atoms with Gasteiger partial charge in [-0.25, -0.2) is 4.39 Å². The SMILES string of the molecule is Cc1ccc(F)cc1CC1(C(C)C)CCCCCN1. The molecule has 1 nitrogen and oxygen atoms in total. The number of rotatable bonds is 3. The number of hydrogen-bond acceptors (Lipinski definition) is 1. The highest BCUT2D eigenvalue weighted by Gasteiger charge is 2.34. The van der Waals surface area contributed by atoms with Crippen LogP contribution in [0.25, 0.3) is 0 Å². The molecule has 0 saturated carbocycles. The van der Waals surface area contributed by atoms with Gasteiger partial charge in [-0.15, -0.1) is 0 Å². The molecular formula is C17H26FN. The van der Waals surface area contributed by atoms with Crippen LogP contribution in [0.5, 0.6) is 0 Å². The van der Waals surface area contributed by atoms with E-state index < -0.39 is 0 Å². The van der Waals surface area contributed by atoms with Crippen molar-refractivity contribution in [1.82, 2.24) is 5.32 Å². The molecule has 1 fully saturated rings. The first kappa shape index (κ1) is 14.5. The molecule has 2 rings (SSSR count). The third-order valence-electron chi connectivity index (χ3n) is 4.70. The van der Waals surface area contributed by atoms with Gasteiger partial charge in [0.2, 0.25) is 0 Å². The topological polar surface area (TPSA) is 12.0 Å². The highest BCUT2D eigenvalue weighted by atomic mass is 19.1. The lowest BCUT2D eigenvalue weighted by Crippen LogP contribution is -2.51. The fourth-order valence-corrected chi connectivity index (χ4v) is 3.19. The van der Waals surface area contributed by atoms with Gasteiger partial charge < -0.3 is 5.32 Å². The standard InChI is InChI=1S/C17H26FN/c1-13(2)17(9-5-4-6-10-19-17)12-15-11-16(18)8-7-14(15)3/h7-8,11,13,19H,4-6,9-10,12H2,1-3H3. The Kier molecular flexibility index (Phi) is 4.62. The third-order valence-corrected chi connectivity index (χ3v) is 4.70. The number of nitrogens with one attached hydrogen (secondary N) is 1. The Labute approximate surface area is 116 Å². The molecule has 1 aromatic rings. The van der Waals surface area contributed by atoms with Gasteiger partial charge in [0.25, 0.3) is 0 Å². The van der Waals surface area contributed by atoms with Crippen molar-refractivity contribution in [1.29, 1.82) is 0 Å². The lowest BCUT2D eigenvalue weighted by molar-refractivity contribution is 0.225. The van der Waals surface area contributed by atoms with Crippen LogP contribution < -0.4 is 5.32 Å². The van der Waals surface area contributed by atoms with Gasteiger partial charge in [0.05, 0.1) is 0 Å². The van der Waals surface area contributed by atoms with Gasteiger partial charge in [0.15, 0.2) is 0 Å². The molecule has 1 unspecified atom stereocenters. The number of benzene rings is 1. The molecule has 0 spiro atoms. The summed E-state index contributed by atoms with van der Waals surface area (Å²) in [5, 5.41) is 3.77. The van der Waals surface area contributed by atoms with Gasteiger partial charge in [-0.1, -0.05) is 32.8 Å². The van der Waals surface area contributed by atoms with E-state index in [9.17, 15) is 4.39 Å². The quantitative estimate of drug-likeness (QED) is 0.860. The van der Waals surface area contributed by atoms with E-state index in [1.54, 1.807) is 12.1 Å². The maximum absolute atomic E-state index is 13.5. The molecule has 19 heavy (non-hydrogen) atoms. The summed E-state index contributed by atoms with van der Waals surface area (Å²) in [6.45, 7) is 7.74. The van der Waals surface area contributed by atoms with E-state index in [0.717, 1.165) is 18.5 Å². The Balaban J connectivity index is 2.27. The summed E-state index contributed by atoms with van der Waals surface area (Å²) in [5.41, 5.74) is 2.49. The molecule has 0 bridgehead atoms. The molecule has 0 aromatic heterocycles.